The van der Waals surface area contributed by atoms with Crippen LogP contribution < -0.4 is 10.6 Å². The summed E-state index contributed by atoms with van der Waals surface area (Å²) in [5, 5.41) is 1.77. The Labute approximate surface area is 79.8 Å². The van der Waals surface area contributed by atoms with Gasteiger partial charge in [0.1, 0.15) is 0 Å². The first-order valence-corrected chi connectivity index (χ1v) is 4.32. The maximum atomic E-state index is 11.6. The smallest absolute Gasteiger partial charge is 0.206 e. The number of allylic oxidation sites excluding steroid dienone is 1. The van der Waals surface area contributed by atoms with Crippen molar-refractivity contribution in [1.82, 2.24) is 0 Å². The Balaban J connectivity index is 2.51. The number of hydrogen-bond acceptors (Lipinski definition) is 3. The summed E-state index contributed by atoms with van der Waals surface area (Å²) >= 11 is 0. The summed E-state index contributed by atoms with van der Waals surface area (Å²) in [6.45, 7) is 0. The number of hydrogen-bond donors (Lipinski definition) is 0. The monoisotopic (exact) mass is 182 g/mol. The summed E-state index contributed by atoms with van der Waals surface area (Å²) in [5.41, 5.74) is 1.36. The number of carbonyl (C=O) groups is 1. The minimum Gasteiger partial charge on any atom is -0.287 e. The van der Waals surface area contributed by atoms with Crippen molar-refractivity contribution in [2.24, 2.45) is 9.98 Å². The fourth-order valence-electron chi connectivity index (χ4n) is 1.70. The first-order chi connectivity index (χ1) is 6.86. The Hall–Kier alpha value is -2.03. The molecule has 0 saturated carbocycles. The van der Waals surface area contributed by atoms with Crippen LogP contribution in [-0.4, -0.2) is 12.0 Å². The van der Waals surface area contributed by atoms with E-state index < -0.39 is 0 Å². The number of fused-ring (bicyclic) bond motifs is 2. The maximum Gasteiger partial charge on any atom is 0.206 e. The van der Waals surface area contributed by atoms with Crippen LogP contribution in [0.5, 0.6) is 0 Å². The summed E-state index contributed by atoms with van der Waals surface area (Å²) in [7, 11) is 0. The van der Waals surface area contributed by atoms with E-state index in [-0.39, 0.29) is 5.78 Å². The zero-order valence-electron chi connectivity index (χ0n) is 7.27. The van der Waals surface area contributed by atoms with Crippen molar-refractivity contribution in [1.29, 1.82) is 0 Å². The van der Waals surface area contributed by atoms with Gasteiger partial charge >= 0.3 is 0 Å². The van der Waals surface area contributed by atoms with Crippen LogP contribution in [0.3, 0.4) is 0 Å². The van der Waals surface area contributed by atoms with Gasteiger partial charge in [0.15, 0.2) is 0 Å². The predicted molar refractivity (Wildman–Crippen MR) is 52.2 cm³/mol. The van der Waals surface area contributed by atoms with Gasteiger partial charge in [0, 0.05) is 5.22 Å². The fourth-order valence-corrected chi connectivity index (χ4v) is 1.70. The van der Waals surface area contributed by atoms with Crippen LogP contribution in [0.1, 0.15) is 0 Å². The molecule has 3 rings (SSSR count). The van der Waals surface area contributed by atoms with Crippen molar-refractivity contribution < 1.29 is 4.79 Å². The second-order valence-electron chi connectivity index (χ2n) is 3.16. The molecule has 0 saturated heterocycles. The number of para-hydroxylation sites is 1. The highest BCUT2D eigenvalue weighted by atomic mass is 16.1. The first-order valence-electron chi connectivity index (χ1n) is 4.32. The third kappa shape index (κ3) is 0.836. The van der Waals surface area contributed by atoms with Crippen molar-refractivity contribution in [2.45, 2.75) is 0 Å². The molecule has 0 aliphatic carbocycles. The maximum absolute atomic E-state index is 11.6. The summed E-state index contributed by atoms with van der Waals surface area (Å²) in [5.74, 6) is -0.0591. The molecule has 0 atom stereocenters. The van der Waals surface area contributed by atoms with Gasteiger partial charge in [-0.2, -0.15) is 0 Å². The quantitative estimate of drug-likeness (QED) is 0.555. The lowest BCUT2D eigenvalue weighted by Crippen LogP contribution is -2.25. The molecule has 3 heteroatoms. The topological polar surface area (TPSA) is 41.8 Å². The largest absolute Gasteiger partial charge is 0.287 e. The Morgan fingerprint density at radius 2 is 2.00 bits per heavy atom. The standard InChI is InChI=1S/C11H6N2O/c14-10-6-12-5-9-11(10)7-3-1-2-4-8(7)13-9/h1-6H. The van der Waals surface area contributed by atoms with E-state index in [2.05, 4.69) is 9.98 Å². The molecule has 0 amide bonds. The second-order valence-corrected chi connectivity index (χ2v) is 3.16. The van der Waals surface area contributed by atoms with E-state index >= 15 is 0 Å². The van der Waals surface area contributed by atoms with Gasteiger partial charge in [-0.25, -0.2) is 4.99 Å². The lowest BCUT2D eigenvalue weighted by Gasteiger charge is -2.01. The molecule has 3 nitrogen and oxygen atoms in total. The molecule has 0 unspecified atom stereocenters. The summed E-state index contributed by atoms with van der Waals surface area (Å²) in [6, 6.07) is 7.62. The average molecular weight is 182 g/mol. The number of aliphatic imine (C=N–C) groups is 1. The lowest BCUT2D eigenvalue weighted by molar-refractivity contribution is -0.107. The highest BCUT2D eigenvalue weighted by molar-refractivity contribution is 6.48. The number of nitrogens with zero attached hydrogens (tertiary/aromatic N) is 2. The highest BCUT2D eigenvalue weighted by Crippen LogP contribution is 2.16. The van der Waals surface area contributed by atoms with E-state index in [0.29, 0.717) is 11.3 Å². The first kappa shape index (κ1) is 7.38. The number of ketones is 1. The number of benzene rings is 1. The van der Waals surface area contributed by atoms with Crippen LogP contribution >= 0.6 is 0 Å². The van der Waals surface area contributed by atoms with Crippen molar-refractivity contribution in [3.8, 4) is 0 Å². The molecule has 0 bridgehead atoms. The van der Waals surface area contributed by atoms with Crippen molar-refractivity contribution >= 4 is 17.6 Å². The van der Waals surface area contributed by atoms with Crippen molar-refractivity contribution in [2.75, 3.05) is 0 Å². The Morgan fingerprint density at radius 3 is 2.93 bits per heavy atom. The predicted octanol–water partition coefficient (Wildman–Crippen LogP) is -0.0346. The Morgan fingerprint density at radius 1 is 1.14 bits per heavy atom. The zero-order valence-corrected chi connectivity index (χ0v) is 7.27. The third-order valence-electron chi connectivity index (χ3n) is 2.31. The number of Topliss-reactive ketones (excluding diaryl/α,β-unsaturated/α-hetero) is 1. The van der Waals surface area contributed by atoms with Crippen LogP contribution in [0.25, 0.3) is 5.57 Å². The van der Waals surface area contributed by atoms with Gasteiger partial charge in [-0.3, -0.25) is 9.79 Å². The van der Waals surface area contributed by atoms with E-state index in [1.165, 1.54) is 6.21 Å². The summed E-state index contributed by atoms with van der Waals surface area (Å²) < 4.78 is 0. The van der Waals surface area contributed by atoms with E-state index in [1.54, 1.807) is 6.20 Å². The minimum absolute atomic E-state index is 0.0591. The molecule has 0 fully saturated rings. The number of rotatable bonds is 0. The summed E-state index contributed by atoms with van der Waals surface area (Å²) in [4.78, 5) is 19.7. The van der Waals surface area contributed by atoms with Gasteiger partial charge < -0.3 is 0 Å². The normalized spacial score (nSPS) is 17.3. The molecule has 0 spiro atoms. The molecule has 66 valence electrons. The van der Waals surface area contributed by atoms with Crippen LogP contribution in [0.15, 0.2) is 46.1 Å². The van der Waals surface area contributed by atoms with Crippen LogP contribution in [0, 0.1) is 0 Å². The Kier molecular flexibility index (Phi) is 1.31. The molecule has 2 heterocycles. The molecule has 0 aromatic heterocycles. The summed E-state index contributed by atoms with van der Waals surface area (Å²) in [6.07, 6.45) is 2.95. The molecule has 1 aromatic carbocycles. The third-order valence-corrected chi connectivity index (χ3v) is 2.31. The van der Waals surface area contributed by atoms with Crippen LogP contribution in [0.2, 0.25) is 0 Å². The van der Waals surface area contributed by atoms with E-state index in [4.69, 9.17) is 0 Å². The zero-order chi connectivity index (χ0) is 9.54. The number of carbonyl (C=O) groups excluding carboxylic acids is 1. The van der Waals surface area contributed by atoms with Crippen LogP contribution in [0.4, 0.5) is 0 Å². The lowest BCUT2D eigenvalue weighted by atomic mass is 10.1. The average Bonchev–Trinajstić information content (AvgIpc) is 2.57. The van der Waals surface area contributed by atoms with E-state index in [9.17, 15) is 4.79 Å². The van der Waals surface area contributed by atoms with Gasteiger partial charge in [0.05, 0.1) is 29.0 Å². The van der Waals surface area contributed by atoms with Gasteiger partial charge in [0.2, 0.25) is 5.78 Å². The van der Waals surface area contributed by atoms with Gasteiger partial charge in [-0.05, 0) is 6.07 Å². The molecule has 0 radical (unpaired) electrons. The van der Waals surface area contributed by atoms with Gasteiger partial charge in [-0.1, -0.05) is 18.2 Å². The second kappa shape index (κ2) is 2.48. The molecule has 0 N–H and O–H groups in total. The SMILES string of the molecule is O=C1C=NC=C2N=c3ccccc3=C12. The molecule has 1 aromatic rings. The molecule has 2 aliphatic heterocycles. The van der Waals surface area contributed by atoms with Gasteiger partial charge in [-0.15, -0.1) is 0 Å². The van der Waals surface area contributed by atoms with Crippen LogP contribution in [-0.2, 0) is 4.79 Å². The van der Waals surface area contributed by atoms with Crippen molar-refractivity contribution in [3.63, 3.8) is 0 Å². The molecular weight excluding hydrogens is 176 g/mol. The van der Waals surface area contributed by atoms with Gasteiger partial charge in [0.25, 0.3) is 0 Å². The van der Waals surface area contributed by atoms with E-state index in [1.807, 2.05) is 24.3 Å². The highest BCUT2D eigenvalue weighted by Gasteiger charge is 2.20. The Bertz CT molecular complexity index is 608. The van der Waals surface area contributed by atoms with Crippen molar-refractivity contribution in [3.05, 3.63) is 46.7 Å². The fraction of sp³-hybridized carbons (Fsp3) is 0. The molecule has 2 aliphatic rings. The molecule has 14 heavy (non-hydrogen) atoms. The minimum atomic E-state index is -0.0591. The molecular formula is C11H6N2O. The van der Waals surface area contributed by atoms with E-state index in [0.717, 1.165) is 10.6 Å².